The number of nitrogens with zero attached hydrogens (tertiary/aromatic N) is 4. The van der Waals surface area contributed by atoms with Crippen LogP contribution in [0.15, 0.2) is 24.3 Å². The quantitative estimate of drug-likeness (QED) is 0.867. The van der Waals surface area contributed by atoms with E-state index in [2.05, 4.69) is 4.90 Å². The number of aliphatic hydroxyl groups excluding tert-OH is 1. The van der Waals surface area contributed by atoms with Crippen LogP contribution >= 0.6 is 12.2 Å². The van der Waals surface area contributed by atoms with Crippen molar-refractivity contribution in [3.63, 3.8) is 0 Å². The van der Waals surface area contributed by atoms with Crippen molar-refractivity contribution in [2.24, 2.45) is 7.05 Å². The Labute approximate surface area is 140 Å². The van der Waals surface area contributed by atoms with Crippen molar-refractivity contribution in [2.75, 3.05) is 20.2 Å². The lowest BCUT2D eigenvalue weighted by Crippen LogP contribution is -2.37. The zero-order valence-corrected chi connectivity index (χ0v) is 14.3. The third-order valence-electron chi connectivity index (χ3n) is 4.28. The van der Waals surface area contributed by atoms with Crippen LogP contribution in [0, 0.1) is 4.77 Å². The Morgan fingerprint density at radius 2 is 2.00 bits per heavy atom. The number of piperidine rings is 1. The number of ether oxygens (including phenoxy) is 1. The van der Waals surface area contributed by atoms with Gasteiger partial charge in [-0.05, 0) is 37.2 Å². The molecule has 1 aliphatic rings. The van der Waals surface area contributed by atoms with Crippen LogP contribution in [0.3, 0.4) is 0 Å². The first-order valence-electron chi connectivity index (χ1n) is 7.78. The smallest absolute Gasteiger partial charge is 0.199 e. The second-order valence-corrected chi connectivity index (χ2v) is 6.22. The predicted molar refractivity (Wildman–Crippen MR) is 90.8 cm³/mol. The normalized spacial score (nSPS) is 16.7. The van der Waals surface area contributed by atoms with E-state index in [9.17, 15) is 5.11 Å². The van der Waals surface area contributed by atoms with Gasteiger partial charge in [-0.2, -0.15) is 5.10 Å². The van der Waals surface area contributed by atoms with Gasteiger partial charge in [0.2, 0.25) is 0 Å². The maximum Gasteiger partial charge on any atom is 0.199 e. The lowest BCUT2D eigenvalue weighted by atomic mass is 10.1. The van der Waals surface area contributed by atoms with Gasteiger partial charge in [-0.1, -0.05) is 12.1 Å². The van der Waals surface area contributed by atoms with Gasteiger partial charge in [-0.3, -0.25) is 4.90 Å². The maximum absolute atomic E-state index is 9.61. The molecule has 0 atom stereocenters. The molecule has 2 heterocycles. The fraction of sp³-hybridized carbons (Fsp3) is 0.500. The molecule has 0 radical (unpaired) electrons. The number of rotatable bonds is 4. The van der Waals surface area contributed by atoms with Gasteiger partial charge < -0.3 is 14.4 Å². The van der Waals surface area contributed by atoms with Crippen molar-refractivity contribution in [3.05, 3.63) is 29.0 Å². The third-order valence-corrected chi connectivity index (χ3v) is 4.76. The number of hydrogen-bond donors (Lipinski definition) is 1. The molecule has 1 aliphatic heterocycles. The molecule has 0 amide bonds. The molecule has 2 aromatic rings. The van der Waals surface area contributed by atoms with E-state index in [1.807, 2.05) is 40.6 Å². The molecule has 0 unspecified atom stereocenters. The maximum atomic E-state index is 9.61. The summed E-state index contributed by atoms with van der Waals surface area (Å²) in [6.07, 6.45) is 1.44. The first-order chi connectivity index (χ1) is 11.1. The van der Waals surface area contributed by atoms with Crippen molar-refractivity contribution < 1.29 is 9.84 Å². The number of aliphatic hydroxyl groups is 1. The Hall–Kier alpha value is -1.70. The zero-order chi connectivity index (χ0) is 16.4. The lowest BCUT2D eigenvalue weighted by Gasteiger charge is -2.28. The fourth-order valence-corrected chi connectivity index (χ4v) is 3.08. The van der Waals surface area contributed by atoms with E-state index in [1.54, 1.807) is 7.11 Å². The second-order valence-electron chi connectivity index (χ2n) is 5.86. The van der Waals surface area contributed by atoms with Gasteiger partial charge in [0.1, 0.15) is 5.75 Å². The van der Waals surface area contributed by atoms with Crippen LogP contribution in [0.4, 0.5) is 0 Å². The molecule has 124 valence electrons. The van der Waals surface area contributed by atoms with E-state index in [4.69, 9.17) is 22.1 Å². The topological polar surface area (TPSA) is 55.4 Å². The minimum atomic E-state index is -0.174. The van der Waals surface area contributed by atoms with E-state index in [-0.39, 0.29) is 6.10 Å². The van der Waals surface area contributed by atoms with Gasteiger partial charge in [0, 0.05) is 20.1 Å². The minimum absolute atomic E-state index is 0.174. The predicted octanol–water partition coefficient (Wildman–Crippen LogP) is 2.04. The van der Waals surface area contributed by atoms with Gasteiger partial charge in [-0.25, -0.2) is 4.68 Å². The van der Waals surface area contributed by atoms with Crippen LogP contribution in [-0.4, -0.2) is 50.7 Å². The van der Waals surface area contributed by atoms with Gasteiger partial charge in [0.05, 0.1) is 25.4 Å². The molecule has 6 nitrogen and oxygen atoms in total. The van der Waals surface area contributed by atoms with Gasteiger partial charge in [-0.15, -0.1) is 0 Å². The largest absolute Gasteiger partial charge is 0.496 e. The number of methoxy groups -OCH3 is 1. The summed E-state index contributed by atoms with van der Waals surface area (Å²) in [4.78, 5) is 2.27. The molecule has 1 fully saturated rings. The summed E-state index contributed by atoms with van der Waals surface area (Å²) in [5.74, 6) is 1.58. The van der Waals surface area contributed by atoms with E-state index in [0.29, 0.717) is 11.4 Å². The van der Waals surface area contributed by atoms with E-state index in [1.165, 1.54) is 0 Å². The van der Waals surface area contributed by atoms with Gasteiger partial charge >= 0.3 is 0 Å². The molecule has 0 bridgehead atoms. The number of para-hydroxylation sites is 1. The Morgan fingerprint density at radius 1 is 1.30 bits per heavy atom. The second kappa shape index (κ2) is 6.82. The number of benzene rings is 1. The zero-order valence-electron chi connectivity index (χ0n) is 13.5. The van der Waals surface area contributed by atoms with Crippen LogP contribution < -0.4 is 4.74 Å². The van der Waals surface area contributed by atoms with Crippen LogP contribution in [0.25, 0.3) is 11.4 Å². The SMILES string of the molecule is COc1ccccc1-c1nn(CN2CCC(O)CC2)c(=S)n1C. The average molecular weight is 334 g/mol. The molecule has 7 heteroatoms. The summed E-state index contributed by atoms with van der Waals surface area (Å²) in [5, 5.41) is 14.3. The van der Waals surface area contributed by atoms with E-state index < -0.39 is 0 Å². The highest BCUT2D eigenvalue weighted by Gasteiger charge is 2.19. The Morgan fingerprint density at radius 3 is 2.70 bits per heavy atom. The molecule has 0 spiro atoms. The molecule has 0 saturated carbocycles. The molecule has 1 N–H and O–H groups in total. The van der Waals surface area contributed by atoms with Crippen molar-refractivity contribution in [3.8, 4) is 17.1 Å². The Kier molecular flexibility index (Phi) is 4.79. The monoisotopic (exact) mass is 334 g/mol. The fourth-order valence-electron chi connectivity index (χ4n) is 2.89. The number of likely N-dealkylation sites (tertiary alicyclic amines) is 1. The first-order valence-corrected chi connectivity index (χ1v) is 8.18. The highest BCUT2D eigenvalue weighted by molar-refractivity contribution is 7.71. The molecule has 0 aliphatic carbocycles. The van der Waals surface area contributed by atoms with E-state index >= 15 is 0 Å². The number of aromatic nitrogens is 3. The third kappa shape index (κ3) is 3.31. The van der Waals surface area contributed by atoms with Crippen LogP contribution in [-0.2, 0) is 13.7 Å². The van der Waals surface area contributed by atoms with E-state index in [0.717, 1.165) is 43.1 Å². The highest BCUT2D eigenvalue weighted by Crippen LogP contribution is 2.28. The highest BCUT2D eigenvalue weighted by atomic mass is 32.1. The lowest BCUT2D eigenvalue weighted by molar-refractivity contribution is 0.0650. The average Bonchev–Trinajstić information content (AvgIpc) is 2.85. The van der Waals surface area contributed by atoms with Crippen molar-refractivity contribution >= 4 is 12.2 Å². The molecule has 23 heavy (non-hydrogen) atoms. The summed E-state index contributed by atoms with van der Waals surface area (Å²) in [6, 6.07) is 7.81. The summed E-state index contributed by atoms with van der Waals surface area (Å²) < 4.78 is 9.86. The van der Waals surface area contributed by atoms with Crippen molar-refractivity contribution in [1.29, 1.82) is 0 Å². The Balaban J connectivity index is 1.88. The summed E-state index contributed by atoms with van der Waals surface area (Å²) in [7, 11) is 3.58. The summed E-state index contributed by atoms with van der Waals surface area (Å²) in [5.41, 5.74) is 0.927. The molecule has 1 aromatic carbocycles. The first kappa shape index (κ1) is 16.2. The molecule has 1 aromatic heterocycles. The molecule has 3 rings (SSSR count). The van der Waals surface area contributed by atoms with Gasteiger partial charge in [0.15, 0.2) is 10.6 Å². The van der Waals surface area contributed by atoms with Gasteiger partial charge in [0.25, 0.3) is 0 Å². The summed E-state index contributed by atoms with van der Waals surface area (Å²) in [6.45, 7) is 2.38. The minimum Gasteiger partial charge on any atom is -0.496 e. The summed E-state index contributed by atoms with van der Waals surface area (Å²) >= 11 is 5.53. The molecular formula is C16H22N4O2S. The van der Waals surface area contributed by atoms with Crippen molar-refractivity contribution in [2.45, 2.75) is 25.6 Å². The number of hydrogen-bond acceptors (Lipinski definition) is 5. The molecule has 1 saturated heterocycles. The standard InChI is InChI=1S/C16H22N4O2S/c1-18-15(13-5-3-4-6-14(13)22-2)17-20(16(18)23)11-19-9-7-12(21)8-10-19/h3-6,12,21H,7-11H2,1-2H3. The Bertz CT molecular complexity index is 732. The van der Waals surface area contributed by atoms with Crippen LogP contribution in [0.1, 0.15) is 12.8 Å². The van der Waals surface area contributed by atoms with Crippen LogP contribution in [0.2, 0.25) is 0 Å². The van der Waals surface area contributed by atoms with Crippen molar-refractivity contribution in [1.82, 2.24) is 19.2 Å². The molecular weight excluding hydrogens is 312 g/mol. The van der Waals surface area contributed by atoms with Crippen LogP contribution in [0.5, 0.6) is 5.75 Å².